The van der Waals surface area contributed by atoms with Crippen molar-refractivity contribution in [3.8, 4) is 11.1 Å². The van der Waals surface area contributed by atoms with Crippen LogP contribution in [0, 0.1) is 6.07 Å². The lowest BCUT2D eigenvalue weighted by Gasteiger charge is -2.18. The molecule has 34 heavy (non-hydrogen) atoms. The molecule has 2 rings (SSSR count). The fraction of sp³-hybridized carbons (Fsp3) is 0.438. The summed E-state index contributed by atoms with van der Waals surface area (Å²) >= 11 is 1.88. The predicted molar refractivity (Wildman–Crippen MR) is 153 cm³/mol. The van der Waals surface area contributed by atoms with Gasteiger partial charge in [0.1, 0.15) is 0 Å². The van der Waals surface area contributed by atoms with Gasteiger partial charge in [-0.2, -0.15) is 0 Å². The molecule has 0 fully saturated rings. The molecule has 1 nitrogen and oxygen atoms in total. The first kappa shape index (κ1) is 28.2. The highest BCUT2D eigenvalue weighted by Crippen LogP contribution is 2.31. The highest BCUT2D eigenvalue weighted by atomic mass is 32.2. The van der Waals surface area contributed by atoms with Gasteiger partial charge in [0, 0.05) is 17.2 Å². The Balaban J connectivity index is 1.90. The number of hydrogen-bond donors (Lipinski definition) is 0. The molecular formula is C32H44NS. The fourth-order valence-corrected chi connectivity index (χ4v) is 4.90. The smallest absolute Gasteiger partial charge is 0.0233 e. The maximum absolute atomic E-state index is 3.47. The van der Waals surface area contributed by atoms with Crippen LogP contribution >= 0.6 is 11.8 Å². The van der Waals surface area contributed by atoms with Crippen molar-refractivity contribution < 1.29 is 0 Å². The summed E-state index contributed by atoms with van der Waals surface area (Å²) in [6.07, 6.45) is 11.7. The maximum atomic E-state index is 3.47. The van der Waals surface area contributed by atoms with Gasteiger partial charge >= 0.3 is 0 Å². The molecule has 0 aliphatic carbocycles. The second-order valence-electron chi connectivity index (χ2n) is 9.34. The summed E-state index contributed by atoms with van der Waals surface area (Å²) in [5.74, 6) is 0.989. The van der Waals surface area contributed by atoms with E-state index in [2.05, 4.69) is 107 Å². The number of benzene rings is 2. The second kappa shape index (κ2) is 15.8. The number of thioether (sulfide) groups is 1. The van der Waals surface area contributed by atoms with Crippen LogP contribution in [0.25, 0.3) is 11.1 Å². The molecule has 0 unspecified atom stereocenters. The summed E-state index contributed by atoms with van der Waals surface area (Å²) in [6.45, 7) is 16.5. The van der Waals surface area contributed by atoms with Crippen LogP contribution < -0.4 is 0 Å². The lowest BCUT2D eigenvalue weighted by atomic mass is 10.0. The van der Waals surface area contributed by atoms with E-state index < -0.39 is 0 Å². The Kier molecular flexibility index (Phi) is 13.1. The SMILES string of the molecule is CCN(CC)Cc1ccc(-c2ccc[c]c2SC/C=C(\C)CC/C=C(\C)CCC=C(C)C)cc1. The van der Waals surface area contributed by atoms with Crippen molar-refractivity contribution in [1.82, 2.24) is 4.90 Å². The highest BCUT2D eigenvalue weighted by molar-refractivity contribution is 7.99. The Morgan fingerprint density at radius 1 is 0.853 bits per heavy atom. The molecule has 0 amide bonds. The van der Waals surface area contributed by atoms with Crippen molar-refractivity contribution in [2.45, 2.75) is 78.7 Å². The van der Waals surface area contributed by atoms with E-state index in [0.29, 0.717) is 0 Å². The van der Waals surface area contributed by atoms with Crippen LogP contribution in [0.2, 0.25) is 0 Å². The van der Waals surface area contributed by atoms with Gasteiger partial charge in [0.25, 0.3) is 0 Å². The average molecular weight is 475 g/mol. The van der Waals surface area contributed by atoms with E-state index in [1.54, 1.807) is 0 Å². The van der Waals surface area contributed by atoms with Crippen LogP contribution in [0.5, 0.6) is 0 Å². The van der Waals surface area contributed by atoms with Gasteiger partial charge in [-0.1, -0.05) is 91.3 Å². The second-order valence-corrected chi connectivity index (χ2v) is 10.4. The van der Waals surface area contributed by atoms with E-state index in [1.807, 2.05) is 17.8 Å². The van der Waals surface area contributed by atoms with Crippen molar-refractivity contribution in [3.63, 3.8) is 0 Å². The van der Waals surface area contributed by atoms with Gasteiger partial charge in [-0.3, -0.25) is 4.90 Å². The normalized spacial score (nSPS) is 12.3. The summed E-state index contributed by atoms with van der Waals surface area (Å²) in [4.78, 5) is 3.68. The zero-order chi connectivity index (χ0) is 24.8. The van der Waals surface area contributed by atoms with Gasteiger partial charge in [-0.15, -0.1) is 11.8 Å². The topological polar surface area (TPSA) is 3.24 Å². The van der Waals surface area contributed by atoms with Crippen molar-refractivity contribution in [1.29, 1.82) is 0 Å². The first-order valence-electron chi connectivity index (χ1n) is 12.8. The van der Waals surface area contributed by atoms with Crippen LogP contribution in [0.15, 0.2) is 82.3 Å². The molecule has 0 spiro atoms. The molecule has 1 radical (unpaired) electrons. The number of rotatable bonds is 14. The minimum atomic E-state index is 0.989. The Labute approximate surface area is 214 Å². The first-order valence-corrected chi connectivity index (χ1v) is 13.8. The summed E-state index contributed by atoms with van der Waals surface area (Å²) in [7, 11) is 0. The van der Waals surface area contributed by atoms with Crippen molar-refractivity contribution in [3.05, 3.63) is 89.0 Å². The maximum Gasteiger partial charge on any atom is 0.0233 e. The minimum Gasteiger partial charge on any atom is -0.300 e. The van der Waals surface area contributed by atoms with Crippen LogP contribution in [-0.4, -0.2) is 23.7 Å². The van der Waals surface area contributed by atoms with Gasteiger partial charge in [0.2, 0.25) is 0 Å². The molecule has 0 aliphatic rings. The third-order valence-electron chi connectivity index (χ3n) is 6.17. The third-order valence-corrected chi connectivity index (χ3v) is 7.13. The van der Waals surface area contributed by atoms with E-state index in [4.69, 9.17) is 0 Å². The summed E-state index contributed by atoms with van der Waals surface area (Å²) in [6, 6.07) is 18.9. The lowest BCUT2D eigenvalue weighted by Crippen LogP contribution is -2.21. The Morgan fingerprint density at radius 3 is 2.15 bits per heavy atom. The van der Waals surface area contributed by atoms with Crippen LogP contribution in [0.4, 0.5) is 0 Å². The number of hydrogen-bond acceptors (Lipinski definition) is 2. The molecule has 0 bridgehead atoms. The molecule has 0 atom stereocenters. The van der Waals surface area contributed by atoms with E-state index in [-0.39, 0.29) is 0 Å². The molecule has 0 saturated carbocycles. The highest BCUT2D eigenvalue weighted by Gasteiger charge is 2.07. The molecule has 2 heteroatoms. The Bertz CT molecular complexity index is 941. The van der Waals surface area contributed by atoms with E-state index in [0.717, 1.165) is 44.6 Å². The van der Waals surface area contributed by atoms with Gasteiger partial charge < -0.3 is 0 Å². The first-order chi connectivity index (χ1) is 16.4. The number of nitrogens with zero attached hydrogens (tertiary/aromatic N) is 1. The van der Waals surface area contributed by atoms with E-state index in [1.165, 1.54) is 44.7 Å². The molecule has 0 N–H and O–H groups in total. The third kappa shape index (κ3) is 10.5. The molecule has 0 saturated heterocycles. The van der Waals surface area contributed by atoms with Gasteiger partial charge in [0.05, 0.1) is 0 Å². The molecular weight excluding hydrogens is 430 g/mol. The number of allylic oxidation sites excluding steroid dienone is 5. The zero-order valence-corrected chi connectivity index (χ0v) is 23.1. The molecule has 2 aromatic carbocycles. The summed E-state index contributed by atoms with van der Waals surface area (Å²) < 4.78 is 0. The average Bonchev–Trinajstić information content (AvgIpc) is 2.83. The van der Waals surface area contributed by atoms with Crippen LogP contribution in [0.1, 0.15) is 72.8 Å². The van der Waals surface area contributed by atoms with E-state index >= 15 is 0 Å². The largest absolute Gasteiger partial charge is 0.300 e. The van der Waals surface area contributed by atoms with E-state index in [9.17, 15) is 0 Å². The molecule has 0 aliphatic heterocycles. The predicted octanol–water partition coefficient (Wildman–Crippen LogP) is 9.51. The molecule has 0 heterocycles. The molecule has 2 aromatic rings. The van der Waals surface area contributed by atoms with Crippen molar-refractivity contribution >= 4 is 11.8 Å². The fourth-order valence-electron chi connectivity index (χ4n) is 3.87. The quantitative estimate of drug-likeness (QED) is 0.198. The molecule has 0 aromatic heterocycles. The minimum absolute atomic E-state index is 0.989. The summed E-state index contributed by atoms with van der Waals surface area (Å²) in [5.41, 5.74) is 8.32. The van der Waals surface area contributed by atoms with Crippen molar-refractivity contribution in [2.75, 3.05) is 18.8 Å². The van der Waals surface area contributed by atoms with Gasteiger partial charge in [-0.05, 0) is 89.2 Å². The monoisotopic (exact) mass is 474 g/mol. The van der Waals surface area contributed by atoms with Crippen LogP contribution in [-0.2, 0) is 6.54 Å². The Morgan fingerprint density at radius 2 is 1.50 bits per heavy atom. The van der Waals surface area contributed by atoms with Crippen molar-refractivity contribution in [2.24, 2.45) is 0 Å². The lowest BCUT2D eigenvalue weighted by molar-refractivity contribution is 0.296. The van der Waals surface area contributed by atoms with Gasteiger partial charge in [0.15, 0.2) is 0 Å². The summed E-state index contributed by atoms with van der Waals surface area (Å²) in [5, 5.41) is 0. The van der Waals surface area contributed by atoms with Gasteiger partial charge in [-0.25, -0.2) is 0 Å². The Hall–Kier alpha value is -2.03. The van der Waals surface area contributed by atoms with Crippen LogP contribution in [0.3, 0.4) is 0 Å². The zero-order valence-electron chi connectivity index (χ0n) is 22.3. The standard InChI is InChI=1S/C32H44NS/c1-7-33(8-2)25-29-19-21-30(22-20-29)31-17-9-10-18-32(31)34-24-23-28(6)16-12-15-27(5)14-11-13-26(3)4/h9-10,13,15,17,19-23H,7-8,11-12,14,16,24-25H2,1-6H3/b27-15+,28-23+. The molecule has 183 valence electrons.